The van der Waals surface area contributed by atoms with Crippen LogP contribution in [0, 0.1) is 17.6 Å². The van der Waals surface area contributed by atoms with Gasteiger partial charge in [-0.3, -0.25) is 4.79 Å². The maximum Gasteiger partial charge on any atom is 0.308 e. The number of hydrogen-bond acceptors (Lipinski definition) is 2. The Kier molecular flexibility index (Phi) is 2.87. The largest absolute Gasteiger partial charge is 0.481 e. The summed E-state index contributed by atoms with van der Waals surface area (Å²) in [5.74, 6) is -2.98. The first-order valence-corrected chi connectivity index (χ1v) is 5.25. The van der Waals surface area contributed by atoms with E-state index in [1.54, 1.807) is 6.92 Å². The van der Waals surface area contributed by atoms with Gasteiger partial charge in [0.05, 0.1) is 18.1 Å². The van der Waals surface area contributed by atoms with Gasteiger partial charge in [0.2, 0.25) is 0 Å². The summed E-state index contributed by atoms with van der Waals surface area (Å²) in [5.41, 5.74) is -0.802. The van der Waals surface area contributed by atoms with E-state index in [1.165, 1.54) is 6.07 Å². The summed E-state index contributed by atoms with van der Waals surface area (Å²) < 4.78 is 31.8. The van der Waals surface area contributed by atoms with Gasteiger partial charge in [-0.05, 0) is 19.4 Å². The number of carboxylic acids is 1. The highest BCUT2D eigenvalue weighted by atomic mass is 19.1. The molecule has 17 heavy (non-hydrogen) atoms. The molecule has 5 heteroatoms. The highest BCUT2D eigenvalue weighted by Crippen LogP contribution is 2.39. The zero-order chi connectivity index (χ0) is 12.6. The first-order valence-electron chi connectivity index (χ1n) is 5.25. The van der Waals surface area contributed by atoms with Gasteiger partial charge in [-0.1, -0.05) is 6.07 Å². The van der Waals surface area contributed by atoms with Gasteiger partial charge in [0.25, 0.3) is 0 Å². The average molecular weight is 242 g/mol. The normalized spacial score (nSPS) is 28.3. The van der Waals surface area contributed by atoms with Crippen molar-refractivity contribution in [3.8, 4) is 0 Å². The summed E-state index contributed by atoms with van der Waals surface area (Å²) >= 11 is 0. The van der Waals surface area contributed by atoms with E-state index in [2.05, 4.69) is 0 Å². The summed E-state index contributed by atoms with van der Waals surface area (Å²) in [6.45, 7) is 1.66. The molecule has 2 rings (SSSR count). The van der Waals surface area contributed by atoms with Gasteiger partial charge in [-0.15, -0.1) is 0 Å². The zero-order valence-corrected chi connectivity index (χ0v) is 9.24. The fourth-order valence-corrected chi connectivity index (χ4v) is 2.14. The quantitative estimate of drug-likeness (QED) is 0.865. The highest BCUT2D eigenvalue weighted by molar-refractivity contribution is 5.70. The third-order valence-corrected chi connectivity index (χ3v) is 3.09. The molecule has 92 valence electrons. The van der Waals surface area contributed by atoms with Crippen LogP contribution in [0.5, 0.6) is 0 Å². The van der Waals surface area contributed by atoms with E-state index in [9.17, 15) is 13.6 Å². The molecule has 1 aromatic carbocycles. The second-order valence-corrected chi connectivity index (χ2v) is 4.41. The Hall–Kier alpha value is -1.49. The van der Waals surface area contributed by atoms with Crippen molar-refractivity contribution in [3.05, 3.63) is 35.4 Å². The SMILES string of the molecule is CC1(c2ccc(F)cc2F)CC(C(=O)O)CO1. The number of ether oxygens (including phenoxy) is 1. The monoisotopic (exact) mass is 242 g/mol. The lowest BCUT2D eigenvalue weighted by Gasteiger charge is -2.24. The smallest absolute Gasteiger partial charge is 0.308 e. The van der Waals surface area contributed by atoms with Crippen molar-refractivity contribution in [1.29, 1.82) is 0 Å². The number of hydrogen-bond donors (Lipinski definition) is 1. The van der Waals surface area contributed by atoms with Crippen molar-refractivity contribution in [1.82, 2.24) is 0 Å². The van der Waals surface area contributed by atoms with Crippen LogP contribution in [0.4, 0.5) is 8.78 Å². The summed E-state index contributed by atoms with van der Waals surface area (Å²) in [5, 5.41) is 8.87. The molecular weight excluding hydrogens is 230 g/mol. The number of rotatable bonds is 2. The third kappa shape index (κ3) is 2.15. The molecule has 2 unspecified atom stereocenters. The summed E-state index contributed by atoms with van der Waals surface area (Å²) in [4.78, 5) is 10.8. The molecule has 1 aliphatic rings. The van der Waals surface area contributed by atoms with Gasteiger partial charge >= 0.3 is 5.97 Å². The van der Waals surface area contributed by atoms with E-state index in [1.807, 2.05) is 0 Å². The van der Waals surface area contributed by atoms with Crippen LogP contribution in [0.3, 0.4) is 0 Å². The van der Waals surface area contributed by atoms with Crippen molar-refractivity contribution in [2.75, 3.05) is 6.61 Å². The number of aliphatic carboxylic acids is 1. The molecule has 1 aliphatic heterocycles. The van der Waals surface area contributed by atoms with Gasteiger partial charge < -0.3 is 9.84 Å². The lowest BCUT2D eigenvalue weighted by Crippen LogP contribution is -2.23. The van der Waals surface area contributed by atoms with Gasteiger partial charge in [-0.25, -0.2) is 8.78 Å². The average Bonchev–Trinajstić information content (AvgIpc) is 2.61. The number of carboxylic acid groups (broad SMARTS) is 1. The van der Waals surface area contributed by atoms with Crippen LogP contribution in [0.25, 0.3) is 0 Å². The Labute approximate surface area is 97.0 Å². The minimum atomic E-state index is -0.999. The summed E-state index contributed by atoms with van der Waals surface area (Å²) in [7, 11) is 0. The second kappa shape index (κ2) is 4.07. The molecule has 0 radical (unpaired) electrons. The minimum absolute atomic E-state index is 0.0443. The van der Waals surface area contributed by atoms with E-state index < -0.39 is 29.1 Å². The van der Waals surface area contributed by atoms with E-state index >= 15 is 0 Å². The number of halogens is 2. The molecule has 0 aliphatic carbocycles. The predicted molar refractivity (Wildman–Crippen MR) is 55.4 cm³/mol. The van der Waals surface area contributed by atoms with Crippen molar-refractivity contribution in [2.45, 2.75) is 18.9 Å². The highest BCUT2D eigenvalue weighted by Gasteiger charge is 2.42. The Balaban J connectivity index is 2.31. The van der Waals surface area contributed by atoms with Crippen LogP contribution in [0.2, 0.25) is 0 Å². The molecule has 1 aromatic rings. The molecular formula is C12H12F2O3. The fourth-order valence-electron chi connectivity index (χ4n) is 2.14. The van der Waals surface area contributed by atoms with Crippen LogP contribution >= 0.6 is 0 Å². The molecule has 0 spiro atoms. The van der Waals surface area contributed by atoms with E-state index in [4.69, 9.17) is 9.84 Å². The summed E-state index contributed by atoms with van der Waals surface area (Å²) in [6, 6.07) is 3.22. The Morgan fingerprint density at radius 3 is 2.76 bits per heavy atom. The van der Waals surface area contributed by atoms with Gasteiger partial charge in [0, 0.05) is 11.6 Å². The van der Waals surface area contributed by atoms with Crippen molar-refractivity contribution < 1.29 is 23.4 Å². The molecule has 1 fully saturated rings. The van der Waals surface area contributed by atoms with Crippen LogP contribution in [-0.4, -0.2) is 17.7 Å². The van der Waals surface area contributed by atoms with Gasteiger partial charge in [0.15, 0.2) is 0 Å². The van der Waals surface area contributed by atoms with Crippen LogP contribution in [0.15, 0.2) is 18.2 Å². The molecule has 1 N–H and O–H groups in total. The van der Waals surface area contributed by atoms with E-state index in [-0.39, 0.29) is 18.6 Å². The third-order valence-electron chi connectivity index (χ3n) is 3.09. The maximum absolute atomic E-state index is 13.6. The van der Waals surface area contributed by atoms with Crippen LogP contribution < -0.4 is 0 Å². The second-order valence-electron chi connectivity index (χ2n) is 4.41. The molecule has 2 atom stereocenters. The zero-order valence-electron chi connectivity index (χ0n) is 9.24. The molecule has 0 bridgehead atoms. The molecule has 1 heterocycles. The molecule has 1 saturated heterocycles. The Morgan fingerprint density at radius 2 is 2.24 bits per heavy atom. The standard InChI is InChI=1S/C12H12F2O3/c1-12(5-7(6-17-12)11(15)16)9-3-2-8(13)4-10(9)14/h2-4,7H,5-6H2,1H3,(H,15,16). The van der Waals surface area contributed by atoms with Crippen LogP contribution in [-0.2, 0) is 15.1 Å². The topological polar surface area (TPSA) is 46.5 Å². The first kappa shape index (κ1) is 12.0. The number of carbonyl (C=O) groups is 1. The summed E-state index contributed by atoms with van der Waals surface area (Å²) in [6.07, 6.45) is 0.185. The molecule has 3 nitrogen and oxygen atoms in total. The predicted octanol–water partition coefficient (Wildman–Crippen LogP) is 2.30. The number of benzene rings is 1. The Morgan fingerprint density at radius 1 is 1.53 bits per heavy atom. The molecule has 0 aromatic heterocycles. The Bertz CT molecular complexity index is 461. The lowest BCUT2D eigenvalue weighted by molar-refractivity contribution is -0.141. The maximum atomic E-state index is 13.6. The first-order chi connectivity index (χ1) is 7.92. The fraction of sp³-hybridized carbons (Fsp3) is 0.417. The molecule has 0 saturated carbocycles. The van der Waals surface area contributed by atoms with Gasteiger partial charge in [0.1, 0.15) is 11.6 Å². The van der Waals surface area contributed by atoms with Crippen molar-refractivity contribution in [2.24, 2.45) is 5.92 Å². The van der Waals surface area contributed by atoms with Crippen molar-refractivity contribution in [3.63, 3.8) is 0 Å². The lowest BCUT2D eigenvalue weighted by atomic mass is 9.88. The van der Waals surface area contributed by atoms with E-state index in [0.29, 0.717) is 0 Å². The van der Waals surface area contributed by atoms with E-state index in [0.717, 1.165) is 12.1 Å². The van der Waals surface area contributed by atoms with Crippen LogP contribution in [0.1, 0.15) is 18.9 Å². The van der Waals surface area contributed by atoms with Crippen molar-refractivity contribution >= 4 is 5.97 Å². The minimum Gasteiger partial charge on any atom is -0.481 e. The molecule has 0 amide bonds. The van der Waals surface area contributed by atoms with Gasteiger partial charge in [-0.2, -0.15) is 0 Å².